The number of nitrogens with zero attached hydrogens (tertiary/aromatic N) is 1. The molecule has 0 unspecified atom stereocenters. The fraction of sp³-hybridized carbons (Fsp3) is 0.158. The molecular formula is C19H18N2O3. The first-order valence-electron chi connectivity index (χ1n) is 7.69. The van der Waals surface area contributed by atoms with Crippen LogP contribution in [0.3, 0.4) is 0 Å². The third kappa shape index (κ3) is 3.81. The number of carbonyl (C=O) groups excluding carboxylic acids is 1. The highest BCUT2D eigenvalue weighted by Gasteiger charge is 2.08. The van der Waals surface area contributed by atoms with Crippen molar-refractivity contribution in [3.63, 3.8) is 0 Å². The molecule has 1 aromatic heterocycles. The van der Waals surface area contributed by atoms with Crippen molar-refractivity contribution in [3.8, 4) is 17.1 Å². The molecule has 122 valence electrons. The van der Waals surface area contributed by atoms with Gasteiger partial charge in [-0.1, -0.05) is 35.5 Å². The average molecular weight is 322 g/mol. The Kier molecular flexibility index (Phi) is 4.91. The fourth-order valence-corrected chi connectivity index (χ4v) is 2.32. The van der Waals surface area contributed by atoms with Crippen LogP contribution < -0.4 is 10.1 Å². The highest BCUT2D eigenvalue weighted by molar-refractivity contribution is 5.94. The van der Waals surface area contributed by atoms with Gasteiger partial charge in [0.25, 0.3) is 5.91 Å². The third-order valence-corrected chi connectivity index (χ3v) is 3.64. The second-order valence-electron chi connectivity index (χ2n) is 5.28. The number of benzene rings is 2. The lowest BCUT2D eigenvalue weighted by molar-refractivity contribution is 0.0954. The Balaban J connectivity index is 1.53. The van der Waals surface area contributed by atoms with Gasteiger partial charge in [0.1, 0.15) is 5.75 Å². The van der Waals surface area contributed by atoms with E-state index in [-0.39, 0.29) is 5.91 Å². The zero-order valence-electron chi connectivity index (χ0n) is 13.4. The molecule has 0 aliphatic carbocycles. The quantitative estimate of drug-likeness (QED) is 0.756. The lowest BCUT2D eigenvalue weighted by atomic mass is 10.1. The maximum atomic E-state index is 12.1. The van der Waals surface area contributed by atoms with E-state index in [4.69, 9.17) is 9.26 Å². The molecule has 0 atom stereocenters. The Labute approximate surface area is 140 Å². The minimum absolute atomic E-state index is 0.121. The van der Waals surface area contributed by atoms with Crippen molar-refractivity contribution in [1.82, 2.24) is 10.5 Å². The van der Waals surface area contributed by atoms with Gasteiger partial charge in [0, 0.05) is 30.2 Å². The summed E-state index contributed by atoms with van der Waals surface area (Å²) in [4.78, 5) is 12.1. The van der Waals surface area contributed by atoms with Gasteiger partial charge in [-0.05, 0) is 24.3 Å². The minimum Gasteiger partial charge on any atom is -0.497 e. The molecule has 1 N–H and O–H groups in total. The topological polar surface area (TPSA) is 64.4 Å². The van der Waals surface area contributed by atoms with Gasteiger partial charge in [-0.2, -0.15) is 0 Å². The van der Waals surface area contributed by atoms with E-state index >= 15 is 0 Å². The summed E-state index contributed by atoms with van der Waals surface area (Å²) in [5, 5.41) is 6.91. The first-order valence-corrected chi connectivity index (χ1v) is 7.69. The number of hydrogen-bond acceptors (Lipinski definition) is 4. The molecule has 0 saturated heterocycles. The number of aromatic nitrogens is 1. The van der Waals surface area contributed by atoms with Gasteiger partial charge in [-0.15, -0.1) is 0 Å². The van der Waals surface area contributed by atoms with Gasteiger partial charge >= 0.3 is 0 Å². The van der Waals surface area contributed by atoms with E-state index in [1.165, 1.54) is 0 Å². The molecule has 0 aliphatic heterocycles. The zero-order chi connectivity index (χ0) is 16.8. The van der Waals surface area contributed by atoms with Crippen molar-refractivity contribution in [2.45, 2.75) is 6.42 Å². The summed E-state index contributed by atoms with van der Waals surface area (Å²) in [7, 11) is 1.59. The molecule has 0 fully saturated rings. The minimum atomic E-state index is -0.121. The van der Waals surface area contributed by atoms with Gasteiger partial charge < -0.3 is 14.6 Å². The number of hydrogen-bond donors (Lipinski definition) is 1. The molecular weight excluding hydrogens is 304 g/mol. The zero-order valence-corrected chi connectivity index (χ0v) is 13.4. The number of ether oxygens (including phenoxy) is 1. The van der Waals surface area contributed by atoms with Crippen molar-refractivity contribution in [1.29, 1.82) is 0 Å². The van der Waals surface area contributed by atoms with Gasteiger partial charge in [0.05, 0.1) is 12.8 Å². The van der Waals surface area contributed by atoms with Crippen LogP contribution in [0.4, 0.5) is 0 Å². The molecule has 0 bridgehead atoms. The number of rotatable bonds is 6. The largest absolute Gasteiger partial charge is 0.497 e. The van der Waals surface area contributed by atoms with Crippen molar-refractivity contribution in [2.75, 3.05) is 13.7 Å². The molecule has 3 rings (SSSR count). The summed E-state index contributed by atoms with van der Waals surface area (Å²) in [6.07, 6.45) is 0.609. The van der Waals surface area contributed by atoms with Crippen LogP contribution >= 0.6 is 0 Å². The number of carbonyl (C=O) groups is 1. The third-order valence-electron chi connectivity index (χ3n) is 3.64. The molecule has 2 aromatic carbocycles. The highest BCUT2D eigenvalue weighted by atomic mass is 16.5. The Morgan fingerprint density at radius 2 is 1.88 bits per heavy atom. The fourth-order valence-electron chi connectivity index (χ4n) is 2.32. The highest BCUT2D eigenvalue weighted by Crippen LogP contribution is 2.19. The normalized spacial score (nSPS) is 10.4. The lowest BCUT2D eigenvalue weighted by Gasteiger charge is -2.05. The molecule has 5 heteroatoms. The Hall–Kier alpha value is -3.08. The first kappa shape index (κ1) is 15.8. The summed E-state index contributed by atoms with van der Waals surface area (Å²) < 4.78 is 10.4. The van der Waals surface area contributed by atoms with E-state index in [2.05, 4.69) is 10.5 Å². The van der Waals surface area contributed by atoms with Crippen LogP contribution in [0.2, 0.25) is 0 Å². The van der Waals surface area contributed by atoms with E-state index in [1.54, 1.807) is 31.4 Å². The Bertz CT molecular complexity index is 795. The van der Waals surface area contributed by atoms with Gasteiger partial charge in [0.15, 0.2) is 5.76 Å². The van der Waals surface area contributed by atoms with Crippen molar-refractivity contribution < 1.29 is 14.1 Å². The van der Waals surface area contributed by atoms with Crippen LogP contribution in [-0.4, -0.2) is 24.7 Å². The second kappa shape index (κ2) is 7.46. The van der Waals surface area contributed by atoms with Crippen LogP contribution in [-0.2, 0) is 6.42 Å². The van der Waals surface area contributed by atoms with E-state index in [0.717, 1.165) is 22.8 Å². The molecule has 0 spiro atoms. The van der Waals surface area contributed by atoms with Gasteiger partial charge in [-0.3, -0.25) is 4.79 Å². The summed E-state index contributed by atoms with van der Waals surface area (Å²) in [6.45, 7) is 0.492. The average Bonchev–Trinajstić information content (AvgIpc) is 3.11. The maximum Gasteiger partial charge on any atom is 0.251 e. The van der Waals surface area contributed by atoms with E-state index in [1.807, 2.05) is 36.4 Å². The standard InChI is InChI=1S/C19H18N2O3/c1-23-17-9-7-15(8-10-17)19(22)20-12-11-16-13-18(24-21-16)14-5-3-2-4-6-14/h2-10,13H,11-12H2,1H3,(H,20,22). The van der Waals surface area contributed by atoms with Crippen LogP contribution in [0, 0.1) is 0 Å². The molecule has 24 heavy (non-hydrogen) atoms. The van der Waals surface area contributed by atoms with Crippen LogP contribution in [0.15, 0.2) is 65.2 Å². The van der Waals surface area contributed by atoms with E-state index in [0.29, 0.717) is 18.5 Å². The number of methoxy groups -OCH3 is 1. The molecule has 0 aliphatic rings. The SMILES string of the molecule is COc1ccc(C(=O)NCCc2cc(-c3ccccc3)on2)cc1. The van der Waals surface area contributed by atoms with Gasteiger partial charge in [0.2, 0.25) is 0 Å². The predicted octanol–water partition coefficient (Wildman–Crippen LogP) is 3.32. The molecule has 1 heterocycles. The Morgan fingerprint density at radius 1 is 1.12 bits per heavy atom. The molecule has 3 aromatic rings. The summed E-state index contributed by atoms with van der Waals surface area (Å²) >= 11 is 0. The first-order chi connectivity index (χ1) is 11.8. The second-order valence-corrected chi connectivity index (χ2v) is 5.28. The number of nitrogens with one attached hydrogen (secondary N) is 1. The predicted molar refractivity (Wildman–Crippen MR) is 91.0 cm³/mol. The molecule has 0 radical (unpaired) electrons. The van der Waals surface area contributed by atoms with Crippen LogP contribution in [0.1, 0.15) is 16.1 Å². The lowest BCUT2D eigenvalue weighted by Crippen LogP contribution is -2.25. The Morgan fingerprint density at radius 3 is 2.58 bits per heavy atom. The van der Waals surface area contributed by atoms with Gasteiger partial charge in [-0.25, -0.2) is 0 Å². The maximum absolute atomic E-state index is 12.1. The number of amides is 1. The van der Waals surface area contributed by atoms with E-state index in [9.17, 15) is 4.79 Å². The molecule has 0 saturated carbocycles. The monoisotopic (exact) mass is 322 g/mol. The molecule has 1 amide bonds. The summed E-state index contributed by atoms with van der Waals surface area (Å²) in [5.41, 5.74) is 2.39. The van der Waals surface area contributed by atoms with E-state index < -0.39 is 0 Å². The van der Waals surface area contributed by atoms with Crippen LogP contribution in [0.5, 0.6) is 5.75 Å². The molecule has 5 nitrogen and oxygen atoms in total. The smallest absolute Gasteiger partial charge is 0.251 e. The van der Waals surface area contributed by atoms with Crippen molar-refractivity contribution >= 4 is 5.91 Å². The summed E-state index contributed by atoms with van der Waals surface area (Å²) in [6, 6.07) is 18.7. The summed E-state index contributed by atoms with van der Waals surface area (Å²) in [5.74, 6) is 1.33. The van der Waals surface area contributed by atoms with Crippen LogP contribution in [0.25, 0.3) is 11.3 Å². The van der Waals surface area contributed by atoms with Crippen molar-refractivity contribution in [2.24, 2.45) is 0 Å². The van der Waals surface area contributed by atoms with Crippen molar-refractivity contribution in [3.05, 3.63) is 71.9 Å².